The number of carbonyl (C=O) groups excluding carboxylic acids is 1. The van der Waals surface area contributed by atoms with Crippen LogP contribution in [-0.2, 0) is 4.79 Å². The van der Waals surface area contributed by atoms with Gasteiger partial charge in [0.25, 0.3) is 0 Å². The fraction of sp³-hybridized carbons (Fsp3) is 0.500. The minimum absolute atomic E-state index is 0.0519. The number of rotatable bonds is 2. The smallest absolute Gasteiger partial charge is 0.218 e. The first kappa shape index (κ1) is 8.77. The van der Waals surface area contributed by atoms with Crippen LogP contribution >= 0.6 is 0 Å². The van der Waals surface area contributed by atoms with Crippen molar-refractivity contribution in [3.05, 3.63) is 12.4 Å². The highest BCUT2D eigenvalue weighted by Gasteiger charge is 2.14. The minimum atomic E-state index is -0.127. The average molecular weight is 167 g/mol. The molecule has 2 N–H and O–H groups in total. The number of hydrogen-bond acceptors (Lipinski definition) is 3. The summed E-state index contributed by atoms with van der Waals surface area (Å²) in [6.07, 6.45) is 4.12. The third-order valence-corrected chi connectivity index (χ3v) is 1.62. The van der Waals surface area contributed by atoms with Gasteiger partial charge >= 0.3 is 0 Å². The topological polar surface area (TPSA) is 53.5 Å². The van der Waals surface area contributed by atoms with E-state index in [9.17, 15) is 4.79 Å². The number of nitrogens with zero attached hydrogens (tertiary/aromatic N) is 1. The van der Waals surface area contributed by atoms with E-state index in [0.29, 0.717) is 0 Å². The van der Waals surface area contributed by atoms with E-state index in [1.54, 1.807) is 12.4 Å². The first-order chi connectivity index (χ1) is 5.74. The molecule has 0 aliphatic carbocycles. The molecule has 4 heteroatoms. The zero-order valence-corrected chi connectivity index (χ0v) is 7.29. The molecule has 4 nitrogen and oxygen atoms in total. The molecule has 0 saturated carbocycles. The second-order valence-corrected chi connectivity index (χ2v) is 2.59. The molecule has 1 aliphatic rings. The summed E-state index contributed by atoms with van der Waals surface area (Å²) in [5.41, 5.74) is 0.952. The quantitative estimate of drug-likeness (QED) is 0.624. The van der Waals surface area contributed by atoms with E-state index in [4.69, 9.17) is 0 Å². The maximum Gasteiger partial charge on any atom is 0.218 e. The van der Waals surface area contributed by atoms with Gasteiger partial charge in [0.2, 0.25) is 5.91 Å². The van der Waals surface area contributed by atoms with Gasteiger partial charge in [0, 0.05) is 19.3 Å². The SMILES string of the molecule is CCC1=NC=CNC1NC(C)=O. The molecule has 1 amide bonds. The highest BCUT2D eigenvalue weighted by molar-refractivity contribution is 5.93. The van der Waals surface area contributed by atoms with Crippen LogP contribution in [0.2, 0.25) is 0 Å². The summed E-state index contributed by atoms with van der Waals surface area (Å²) in [7, 11) is 0. The van der Waals surface area contributed by atoms with E-state index >= 15 is 0 Å². The molecular formula is C8H13N3O. The van der Waals surface area contributed by atoms with E-state index in [1.165, 1.54) is 6.92 Å². The Bertz CT molecular complexity index is 232. The van der Waals surface area contributed by atoms with Gasteiger partial charge in [0.05, 0.1) is 5.71 Å². The van der Waals surface area contributed by atoms with E-state index < -0.39 is 0 Å². The van der Waals surface area contributed by atoms with Crippen LogP contribution in [0.15, 0.2) is 17.4 Å². The Morgan fingerprint density at radius 1 is 1.83 bits per heavy atom. The first-order valence-electron chi connectivity index (χ1n) is 3.98. The molecule has 0 fully saturated rings. The van der Waals surface area contributed by atoms with Crippen LogP contribution < -0.4 is 10.6 Å². The monoisotopic (exact) mass is 167 g/mol. The standard InChI is InChI=1S/C8H13N3O/c1-3-7-8(11-6(2)12)10-5-4-9-7/h4-5,8,10H,3H2,1-2H3,(H,11,12). The molecule has 1 unspecified atom stereocenters. The third-order valence-electron chi connectivity index (χ3n) is 1.62. The van der Waals surface area contributed by atoms with Gasteiger partial charge in [-0.15, -0.1) is 0 Å². The molecule has 1 aliphatic heterocycles. The van der Waals surface area contributed by atoms with Crippen molar-refractivity contribution in [2.75, 3.05) is 0 Å². The van der Waals surface area contributed by atoms with Crippen molar-refractivity contribution in [2.45, 2.75) is 26.4 Å². The third kappa shape index (κ3) is 2.08. The summed E-state index contributed by atoms with van der Waals surface area (Å²) in [6, 6.07) is 0. The largest absolute Gasteiger partial charge is 0.365 e. The number of amides is 1. The second-order valence-electron chi connectivity index (χ2n) is 2.59. The van der Waals surface area contributed by atoms with Gasteiger partial charge in [0.15, 0.2) is 0 Å². The lowest BCUT2D eigenvalue weighted by Crippen LogP contribution is -2.48. The highest BCUT2D eigenvalue weighted by Crippen LogP contribution is 1.97. The Morgan fingerprint density at radius 2 is 2.58 bits per heavy atom. The summed E-state index contributed by atoms with van der Waals surface area (Å²) >= 11 is 0. The Kier molecular flexibility index (Phi) is 2.85. The van der Waals surface area contributed by atoms with E-state index in [-0.39, 0.29) is 12.1 Å². The lowest BCUT2D eigenvalue weighted by atomic mass is 10.2. The molecule has 0 radical (unpaired) electrons. The van der Waals surface area contributed by atoms with Gasteiger partial charge in [-0.3, -0.25) is 9.79 Å². The molecule has 12 heavy (non-hydrogen) atoms. The fourth-order valence-corrected chi connectivity index (χ4v) is 1.07. The molecular weight excluding hydrogens is 154 g/mol. The molecule has 0 spiro atoms. The van der Waals surface area contributed by atoms with Crippen molar-refractivity contribution in [3.8, 4) is 0 Å². The Morgan fingerprint density at radius 3 is 3.17 bits per heavy atom. The minimum Gasteiger partial charge on any atom is -0.365 e. The van der Waals surface area contributed by atoms with Crippen LogP contribution in [0.1, 0.15) is 20.3 Å². The van der Waals surface area contributed by atoms with Gasteiger partial charge in [-0.05, 0) is 6.42 Å². The average Bonchev–Trinajstić information content (AvgIpc) is 2.04. The zero-order valence-electron chi connectivity index (χ0n) is 7.29. The van der Waals surface area contributed by atoms with Crippen LogP contribution in [0.25, 0.3) is 0 Å². The van der Waals surface area contributed by atoms with Crippen molar-refractivity contribution in [2.24, 2.45) is 4.99 Å². The fourth-order valence-electron chi connectivity index (χ4n) is 1.07. The van der Waals surface area contributed by atoms with Crippen LogP contribution in [0.4, 0.5) is 0 Å². The summed E-state index contributed by atoms with van der Waals surface area (Å²) in [5, 5.41) is 5.76. The predicted molar refractivity (Wildman–Crippen MR) is 47.6 cm³/mol. The van der Waals surface area contributed by atoms with E-state index in [1.807, 2.05) is 6.92 Å². The van der Waals surface area contributed by atoms with Crippen molar-refractivity contribution < 1.29 is 4.79 Å². The Hall–Kier alpha value is -1.32. The van der Waals surface area contributed by atoms with Crippen LogP contribution in [0.5, 0.6) is 0 Å². The second kappa shape index (κ2) is 3.90. The zero-order chi connectivity index (χ0) is 8.97. The predicted octanol–water partition coefficient (Wildman–Crippen LogP) is 0.374. The lowest BCUT2D eigenvalue weighted by molar-refractivity contribution is -0.119. The Labute approximate surface area is 71.8 Å². The Balaban J connectivity index is 2.59. The maximum atomic E-state index is 10.7. The molecule has 1 atom stereocenters. The lowest BCUT2D eigenvalue weighted by Gasteiger charge is -2.21. The van der Waals surface area contributed by atoms with Gasteiger partial charge in [-0.25, -0.2) is 0 Å². The number of carbonyl (C=O) groups is 1. The van der Waals surface area contributed by atoms with Crippen molar-refractivity contribution in [1.82, 2.24) is 10.6 Å². The van der Waals surface area contributed by atoms with Gasteiger partial charge in [0.1, 0.15) is 6.17 Å². The van der Waals surface area contributed by atoms with Gasteiger partial charge in [-0.1, -0.05) is 6.92 Å². The van der Waals surface area contributed by atoms with E-state index in [0.717, 1.165) is 12.1 Å². The number of aliphatic imine (C=N–C) groups is 1. The molecule has 0 aromatic heterocycles. The first-order valence-corrected chi connectivity index (χ1v) is 3.98. The summed E-state index contributed by atoms with van der Waals surface area (Å²) in [4.78, 5) is 14.9. The van der Waals surface area contributed by atoms with Crippen molar-refractivity contribution in [1.29, 1.82) is 0 Å². The molecule has 66 valence electrons. The summed E-state index contributed by atoms with van der Waals surface area (Å²) in [6.45, 7) is 3.50. The number of nitrogens with one attached hydrogen (secondary N) is 2. The molecule has 0 aromatic rings. The van der Waals surface area contributed by atoms with Gasteiger partial charge < -0.3 is 10.6 Å². The molecule has 1 rings (SSSR count). The summed E-state index contributed by atoms with van der Waals surface area (Å²) < 4.78 is 0. The normalized spacial score (nSPS) is 21.2. The van der Waals surface area contributed by atoms with Crippen LogP contribution in [0.3, 0.4) is 0 Å². The summed E-state index contributed by atoms with van der Waals surface area (Å²) in [5.74, 6) is -0.0519. The van der Waals surface area contributed by atoms with Gasteiger partial charge in [-0.2, -0.15) is 0 Å². The highest BCUT2D eigenvalue weighted by atomic mass is 16.1. The van der Waals surface area contributed by atoms with Crippen LogP contribution in [0, 0.1) is 0 Å². The van der Waals surface area contributed by atoms with Crippen LogP contribution in [-0.4, -0.2) is 17.8 Å². The van der Waals surface area contributed by atoms with Crippen molar-refractivity contribution in [3.63, 3.8) is 0 Å². The molecule has 0 aromatic carbocycles. The molecule has 0 bridgehead atoms. The van der Waals surface area contributed by atoms with Crippen molar-refractivity contribution >= 4 is 11.6 Å². The molecule has 1 heterocycles. The van der Waals surface area contributed by atoms with E-state index in [2.05, 4.69) is 15.6 Å². The maximum absolute atomic E-state index is 10.7. The number of hydrogen-bond donors (Lipinski definition) is 2. The molecule has 0 saturated heterocycles.